The maximum atomic E-state index is 9.38. The van der Waals surface area contributed by atoms with Crippen molar-refractivity contribution in [2.75, 3.05) is 0 Å². The molecule has 0 aromatic heterocycles. The largest absolute Gasteiger partial charge is 0.508 e. The minimum atomic E-state index is -0.833. The molecule has 0 spiro atoms. The van der Waals surface area contributed by atoms with Crippen molar-refractivity contribution >= 4 is 12.0 Å². The smallest absolute Gasteiger partial charge is 0.300 e. The van der Waals surface area contributed by atoms with Crippen molar-refractivity contribution < 1.29 is 15.0 Å². The lowest BCUT2D eigenvalue weighted by Gasteiger charge is -2.01. The Hall–Kier alpha value is -1.77. The lowest BCUT2D eigenvalue weighted by atomic mass is 10.1. The van der Waals surface area contributed by atoms with Crippen molar-refractivity contribution in [1.82, 2.24) is 0 Å². The first-order valence-electron chi connectivity index (χ1n) is 10.2. The zero-order valence-electron chi connectivity index (χ0n) is 16.8. The van der Waals surface area contributed by atoms with E-state index in [9.17, 15) is 5.11 Å². The third kappa shape index (κ3) is 18.6. The molecule has 26 heavy (non-hydrogen) atoms. The molecule has 0 saturated carbocycles. The van der Waals surface area contributed by atoms with E-state index in [1.807, 2.05) is 12.1 Å². The molecule has 0 aliphatic rings. The van der Waals surface area contributed by atoms with Crippen molar-refractivity contribution in [2.45, 2.75) is 90.9 Å². The van der Waals surface area contributed by atoms with Crippen molar-refractivity contribution in [3.8, 4) is 5.75 Å². The van der Waals surface area contributed by atoms with Crippen LogP contribution in [0.15, 0.2) is 30.3 Å². The predicted molar refractivity (Wildman–Crippen MR) is 112 cm³/mol. The lowest BCUT2D eigenvalue weighted by molar-refractivity contribution is -0.134. The van der Waals surface area contributed by atoms with Gasteiger partial charge in [-0.05, 0) is 30.5 Å². The van der Waals surface area contributed by atoms with Crippen molar-refractivity contribution in [3.05, 3.63) is 35.9 Å². The Balaban J connectivity index is 0.00000141. The van der Waals surface area contributed by atoms with Gasteiger partial charge >= 0.3 is 0 Å². The van der Waals surface area contributed by atoms with Crippen LogP contribution in [0.3, 0.4) is 0 Å². The number of aromatic hydroxyl groups is 1. The van der Waals surface area contributed by atoms with Crippen LogP contribution in [0.1, 0.15) is 96.5 Å². The molecule has 0 saturated heterocycles. The topological polar surface area (TPSA) is 57.5 Å². The number of phenols is 1. The van der Waals surface area contributed by atoms with E-state index >= 15 is 0 Å². The second kappa shape index (κ2) is 18.0. The van der Waals surface area contributed by atoms with Crippen molar-refractivity contribution in [2.24, 2.45) is 0 Å². The highest BCUT2D eigenvalue weighted by Crippen LogP contribution is 2.14. The number of unbranched alkanes of at least 4 members (excludes halogenated alkanes) is 11. The first-order valence-corrected chi connectivity index (χ1v) is 10.2. The Morgan fingerprint density at radius 1 is 0.923 bits per heavy atom. The van der Waals surface area contributed by atoms with Crippen LogP contribution < -0.4 is 0 Å². The summed E-state index contributed by atoms with van der Waals surface area (Å²) in [5.74, 6) is -0.489. The number of benzene rings is 1. The normalized spacial score (nSPS) is 10.5. The second-order valence-electron chi connectivity index (χ2n) is 6.84. The SMILES string of the molecule is CC(=O)O.CCCCCCCCCCCCCC=Cc1cccc(O)c1. The number of carboxylic acid groups (broad SMARTS) is 1. The van der Waals surface area contributed by atoms with Gasteiger partial charge in [0.05, 0.1) is 0 Å². The summed E-state index contributed by atoms with van der Waals surface area (Å²) in [5.41, 5.74) is 1.09. The minimum Gasteiger partial charge on any atom is -0.508 e. The minimum absolute atomic E-state index is 0.344. The van der Waals surface area contributed by atoms with E-state index in [0.29, 0.717) is 5.75 Å². The van der Waals surface area contributed by atoms with Crippen LogP contribution in [0.5, 0.6) is 5.75 Å². The average Bonchev–Trinajstić information content (AvgIpc) is 2.58. The molecule has 3 nitrogen and oxygen atoms in total. The van der Waals surface area contributed by atoms with E-state index in [2.05, 4.69) is 19.1 Å². The van der Waals surface area contributed by atoms with Gasteiger partial charge in [0.25, 0.3) is 5.97 Å². The Kier molecular flexibility index (Phi) is 16.8. The molecule has 2 N–H and O–H groups in total. The number of phenolic OH excluding ortho intramolecular Hbond substituents is 1. The van der Waals surface area contributed by atoms with Gasteiger partial charge < -0.3 is 10.2 Å². The summed E-state index contributed by atoms with van der Waals surface area (Å²) in [6.07, 6.45) is 20.8. The van der Waals surface area contributed by atoms with Crippen LogP contribution >= 0.6 is 0 Å². The molecule has 1 aromatic rings. The second-order valence-corrected chi connectivity index (χ2v) is 6.84. The summed E-state index contributed by atoms with van der Waals surface area (Å²) in [4.78, 5) is 9.00. The maximum Gasteiger partial charge on any atom is 0.300 e. The fraction of sp³-hybridized carbons (Fsp3) is 0.609. The Morgan fingerprint density at radius 2 is 1.42 bits per heavy atom. The number of carboxylic acids is 1. The van der Waals surface area contributed by atoms with E-state index in [0.717, 1.165) is 18.9 Å². The molecule has 148 valence electrons. The molecule has 0 bridgehead atoms. The summed E-state index contributed by atoms with van der Waals surface area (Å²) in [5, 5.41) is 16.8. The highest BCUT2D eigenvalue weighted by Gasteiger charge is 1.93. The van der Waals surface area contributed by atoms with E-state index in [1.165, 1.54) is 70.6 Å². The van der Waals surface area contributed by atoms with Gasteiger partial charge in [0.15, 0.2) is 0 Å². The van der Waals surface area contributed by atoms with Gasteiger partial charge in [0.2, 0.25) is 0 Å². The summed E-state index contributed by atoms with van der Waals surface area (Å²) in [6.45, 7) is 3.36. The summed E-state index contributed by atoms with van der Waals surface area (Å²) >= 11 is 0. The quantitative estimate of drug-likeness (QED) is 0.365. The van der Waals surface area contributed by atoms with Gasteiger partial charge in [-0.15, -0.1) is 0 Å². The van der Waals surface area contributed by atoms with Crippen LogP contribution in [-0.4, -0.2) is 16.2 Å². The Bertz CT molecular complexity index is 476. The molecule has 1 aromatic carbocycles. The van der Waals surface area contributed by atoms with Crippen LogP contribution in [0.4, 0.5) is 0 Å². The molecule has 3 heteroatoms. The van der Waals surface area contributed by atoms with E-state index in [4.69, 9.17) is 9.90 Å². The molecule has 0 radical (unpaired) electrons. The number of allylic oxidation sites excluding steroid dienone is 1. The molecule has 0 heterocycles. The fourth-order valence-corrected chi connectivity index (χ4v) is 2.77. The van der Waals surface area contributed by atoms with Crippen LogP contribution in [0, 0.1) is 0 Å². The monoisotopic (exact) mass is 362 g/mol. The Labute approximate surface area is 160 Å². The number of rotatable bonds is 13. The maximum absolute atomic E-state index is 9.38. The van der Waals surface area contributed by atoms with Gasteiger partial charge in [-0.3, -0.25) is 4.79 Å². The third-order valence-corrected chi connectivity index (χ3v) is 4.15. The van der Waals surface area contributed by atoms with E-state index in [-0.39, 0.29) is 0 Å². The summed E-state index contributed by atoms with van der Waals surface area (Å²) < 4.78 is 0. The standard InChI is InChI=1S/C21H34O.C2H4O2/c1-2-3-4-5-6-7-8-9-10-11-12-13-14-16-20-17-15-18-21(22)19-20;1-2(3)4/h14-19,22H,2-13H2,1H3;1H3,(H,3,4). The molecular formula is C23H38O3. The molecule has 0 atom stereocenters. The van der Waals surface area contributed by atoms with Crippen molar-refractivity contribution in [3.63, 3.8) is 0 Å². The molecule has 0 unspecified atom stereocenters. The zero-order valence-corrected chi connectivity index (χ0v) is 16.8. The number of aliphatic carboxylic acids is 1. The predicted octanol–water partition coefficient (Wildman–Crippen LogP) is 7.20. The fourth-order valence-electron chi connectivity index (χ4n) is 2.77. The molecule has 0 aliphatic heterocycles. The number of hydrogen-bond acceptors (Lipinski definition) is 2. The first kappa shape index (κ1) is 24.2. The molecule has 0 amide bonds. The van der Waals surface area contributed by atoms with Gasteiger partial charge in [-0.2, -0.15) is 0 Å². The third-order valence-electron chi connectivity index (χ3n) is 4.15. The van der Waals surface area contributed by atoms with E-state index in [1.54, 1.807) is 12.1 Å². The van der Waals surface area contributed by atoms with Gasteiger partial charge in [0, 0.05) is 6.92 Å². The molecule has 1 rings (SSSR count). The van der Waals surface area contributed by atoms with Crippen LogP contribution in [0.25, 0.3) is 6.08 Å². The molecule has 0 aliphatic carbocycles. The molecular weight excluding hydrogens is 324 g/mol. The highest BCUT2D eigenvalue weighted by atomic mass is 16.4. The highest BCUT2D eigenvalue weighted by molar-refractivity contribution is 5.62. The Morgan fingerprint density at radius 3 is 1.92 bits per heavy atom. The summed E-state index contributed by atoms with van der Waals surface area (Å²) in [7, 11) is 0. The number of hydrogen-bond donors (Lipinski definition) is 2. The number of carbonyl (C=O) groups is 1. The van der Waals surface area contributed by atoms with Crippen LogP contribution in [-0.2, 0) is 4.79 Å². The lowest BCUT2D eigenvalue weighted by Crippen LogP contribution is -1.82. The molecule has 0 fully saturated rings. The average molecular weight is 363 g/mol. The van der Waals surface area contributed by atoms with Gasteiger partial charge in [-0.1, -0.05) is 95.4 Å². The van der Waals surface area contributed by atoms with Gasteiger partial charge in [0.1, 0.15) is 5.75 Å². The van der Waals surface area contributed by atoms with Crippen molar-refractivity contribution in [1.29, 1.82) is 0 Å². The summed E-state index contributed by atoms with van der Waals surface area (Å²) in [6, 6.07) is 7.42. The van der Waals surface area contributed by atoms with E-state index < -0.39 is 5.97 Å². The first-order chi connectivity index (χ1) is 12.6. The zero-order chi connectivity index (χ0) is 19.5. The van der Waals surface area contributed by atoms with Crippen LogP contribution in [0.2, 0.25) is 0 Å². The van der Waals surface area contributed by atoms with Gasteiger partial charge in [-0.25, -0.2) is 0 Å².